The second kappa shape index (κ2) is 6.85. The number of methoxy groups -OCH3 is 1. The highest BCUT2D eigenvalue weighted by molar-refractivity contribution is 7.89. The summed E-state index contributed by atoms with van der Waals surface area (Å²) in [6.07, 6.45) is 1.61. The number of hydrogen-bond donors (Lipinski definition) is 1. The molecule has 9 heteroatoms. The third kappa shape index (κ3) is 4.18. The number of ether oxygens (including phenoxy) is 2. The number of esters is 1. The summed E-state index contributed by atoms with van der Waals surface area (Å²) < 4.78 is 42.6. The molecule has 0 atom stereocenters. The fourth-order valence-electron chi connectivity index (χ4n) is 2.21. The Morgan fingerprint density at radius 1 is 1.36 bits per heavy atom. The Kier molecular flexibility index (Phi) is 4.78. The van der Waals surface area contributed by atoms with Crippen molar-refractivity contribution in [2.75, 3.05) is 7.11 Å². The lowest BCUT2D eigenvalue weighted by Crippen LogP contribution is -2.26. The van der Waals surface area contributed by atoms with E-state index in [0.29, 0.717) is 11.5 Å². The molecule has 8 nitrogen and oxygen atoms in total. The quantitative estimate of drug-likeness (QED) is 0.744. The van der Waals surface area contributed by atoms with Gasteiger partial charge in [-0.05, 0) is 38.0 Å². The number of hydrogen-bond acceptors (Lipinski definition) is 7. The summed E-state index contributed by atoms with van der Waals surface area (Å²) in [5.74, 6) is 0.109. The predicted molar refractivity (Wildman–Crippen MR) is 86.7 cm³/mol. The zero-order chi connectivity index (χ0) is 18.0. The average molecular weight is 366 g/mol. The molecule has 1 aliphatic rings. The molecule has 1 aliphatic carbocycles. The number of rotatable bonds is 7. The number of benzene rings is 1. The van der Waals surface area contributed by atoms with Crippen LogP contribution in [-0.2, 0) is 21.4 Å². The number of aromatic nitrogens is 1. The van der Waals surface area contributed by atoms with Crippen molar-refractivity contribution in [1.29, 1.82) is 0 Å². The summed E-state index contributed by atoms with van der Waals surface area (Å²) in [4.78, 5) is 12.1. The molecule has 0 saturated heterocycles. The van der Waals surface area contributed by atoms with Crippen LogP contribution in [-0.4, -0.2) is 32.7 Å². The van der Waals surface area contributed by atoms with Gasteiger partial charge in [-0.1, -0.05) is 5.16 Å². The fourth-order valence-corrected chi connectivity index (χ4v) is 3.71. The van der Waals surface area contributed by atoms with Crippen LogP contribution in [0.1, 0.15) is 34.7 Å². The molecule has 0 radical (unpaired) electrons. The molecule has 0 unspecified atom stereocenters. The van der Waals surface area contributed by atoms with Crippen LogP contribution in [0.3, 0.4) is 0 Å². The van der Waals surface area contributed by atoms with E-state index in [1.807, 2.05) is 0 Å². The summed E-state index contributed by atoms with van der Waals surface area (Å²) in [5.41, 5.74) is 0.583. The number of sulfonamides is 1. The second-order valence-corrected chi connectivity index (χ2v) is 7.45. The van der Waals surface area contributed by atoms with Gasteiger partial charge in [0, 0.05) is 12.1 Å². The van der Waals surface area contributed by atoms with E-state index in [-0.39, 0.29) is 28.9 Å². The number of carbonyl (C=O) groups is 1. The molecular formula is C16H18N2O6S. The summed E-state index contributed by atoms with van der Waals surface area (Å²) in [6.45, 7) is 1.66. The van der Waals surface area contributed by atoms with Crippen molar-refractivity contribution in [2.24, 2.45) is 0 Å². The molecule has 1 fully saturated rings. The Hall–Kier alpha value is -2.39. The number of nitrogens with one attached hydrogen (secondary N) is 1. The average Bonchev–Trinajstić information content (AvgIpc) is 3.29. The standard InChI is InChI=1S/C16H18N2O6S/c1-10-7-13(17-24-10)9-23-16(19)11-3-6-14(22-2)15(8-11)25(20,21)18-12-4-5-12/h3,6-8,12,18H,4-5,9H2,1-2H3. The molecule has 1 saturated carbocycles. The van der Waals surface area contributed by atoms with E-state index in [0.717, 1.165) is 12.8 Å². The smallest absolute Gasteiger partial charge is 0.338 e. The van der Waals surface area contributed by atoms with Gasteiger partial charge < -0.3 is 14.0 Å². The highest BCUT2D eigenvalue weighted by Gasteiger charge is 2.30. The number of nitrogens with zero attached hydrogens (tertiary/aromatic N) is 1. The van der Waals surface area contributed by atoms with Gasteiger partial charge in [0.25, 0.3) is 0 Å². The second-order valence-electron chi connectivity index (χ2n) is 5.77. The molecule has 1 heterocycles. The Morgan fingerprint density at radius 2 is 2.12 bits per heavy atom. The molecule has 3 rings (SSSR count). The SMILES string of the molecule is COc1ccc(C(=O)OCc2cc(C)on2)cc1S(=O)(=O)NC1CC1. The number of aryl methyl sites for hydroxylation is 1. The first-order valence-electron chi connectivity index (χ1n) is 7.69. The van der Waals surface area contributed by atoms with E-state index in [4.69, 9.17) is 14.0 Å². The van der Waals surface area contributed by atoms with Gasteiger partial charge in [-0.2, -0.15) is 0 Å². The van der Waals surface area contributed by atoms with Crippen LogP contribution >= 0.6 is 0 Å². The zero-order valence-corrected chi connectivity index (χ0v) is 14.6. The van der Waals surface area contributed by atoms with Crippen molar-refractivity contribution in [2.45, 2.75) is 37.3 Å². The molecule has 2 aromatic rings. The van der Waals surface area contributed by atoms with Gasteiger partial charge in [0.05, 0.1) is 12.7 Å². The molecule has 1 aromatic carbocycles. The van der Waals surface area contributed by atoms with E-state index in [2.05, 4.69) is 9.88 Å². The Morgan fingerprint density at radius 3 is 2.72 bits per heavy atom. The van der Waals surface area contributed by atoms with Crippen LogP contribution in [0.2, 0.25) is 0 Å². The van der Waals surface area contributed by atoms with Crippen LogP contribution in [0.4, 0.5) is 0 Å². The minimum absolute atomic E-state index is 0.0549. The van der Waals surface area contributed by atoms with Crippen molar-refractivity contribution in [1.82, 2.24) is 9.88 Å². The van der Waals surface area contributed by atoms with E-state index in [1.54, 1.807) is 13.0 Å². The summed E-state index contributed by atoms with van der Waals surface area (Å²) >= 11 is 0. The molecule has 0 amide bonds. The number of carbonyl (C=O) groups excluding carboxylic acids is 1. The Bertz CT molecular complexity index is 886. The van der Waals surface area contributed by atoms with Crippen LogP contribution in [0.25, 0.3) is 0 Å². The van der Waals surface area contributed by atoms with Crippen molar-refractivity contribution in [3.05, 3.63) is 41.3 Å². The van der Waals surface area contributed by atoms with Crippen LogP contribution in [0, 0.1) is 6.92 Å². The van der Waals surface area contributed by atoms with E-state index < -0.39 is 16.0 Å². The zero-order valence-electron chi connectivity index (χ0n) is 13.8. The first kappa shape index (κ1) is 17.4. The van der Waals surface area contributed by atoms with Gasteiger partial charge in [0.15, 0.2) is 0 Å². The first-order valence-corrected chi connectivity index (χ1v) is 9.17. The molecule has 134 valence electrons. The Labute approximate surface area is 145 Å². The van der Waals surface area contributed by atoms with Gasteiger partial charge in [-0.15, -0.1) is 0 Å². The molecule has 0 spiro atoms. The largest absolute Gasteiger partial charge is 0.495 e. The maximum Gasteiger partial charge on any atom is 0.338 e. The van der Waals surface area contributed by atoms with E-state index in [9.17, 15) is 13.2 Å². The minimum atomic E-state index is -3.77. The molecule has 0 bridgehead atoms. The van der Waals surface area contributed by atoms with Crippen LogP contribution in [0.5, 0.6) is 5.75 Å². The predicted octanol–water partition coefficient (Wildman–Crippen LogP) is 1.79. The van der Waals surface area contributed by atoms with Gasteiger partial charge in [0.1, 0.15) is 28.7 Å². The fraction of sp³-hybridized carbons (Fsp3) is 0.375. The third-order valence-corrected chi connectivity index (χ3v) is 5.16. The maximum absolute atomic E-state index is 12.5. The maximum atomic E-state index is 12.5. The molecule has 0 aliphatic heterocycles. The van der Waals surface area contributed by atoms with Crippen molar-refractivity contribution >= 4 is 16.0 Å². The Balaban J connectivity index is 1.79. The van der Waals surface area contributed by atoms with Crippen molar-refractivity contribution < 1.29 is 27.2 Å². The normalized spacial score (nSPS) is 14.3. The van der Waals surface area contributed by atoms with Gasteiger partial charge >= 0.3 is 5.97 Å². The van der Waals surface area contributed by atoms with E-state index >= 15 is 0 Å². The van der Waals surface area contributed by atoms with Gasteiger partial charge in [0.2, 0.25) is 10.0 Å². The van der Waals surface area contributed by atoms with Crippen molar-refractivity contribution in [3.8, 4) is 5.75 Å². The molecule has 1 N–H and O–H groups in total. The lowest BCUT2D eigenvalue weighted by Gasteiger charge is -2.12. The lowest BCUT2D eigenvalue weighted by molar-refractivity contribution is 0.0464. The van der Waals surface area contributed by atoms with E-state index in [1.165, 1.54) is 25.3 Å². The van der Waals surface area contributed by atoms with Crippen LogP contribution < -0.4 is 9.46 Å². The van der Waals surface area contributed by atoms with Gasteiger partial charge in [-0.3, -0.25) is 0 Å². The molecule has 25 heavy (non-hydrogen) atoms. The third-order valence-electron chi connectivity index (χ3n) is 3.62. The monoisotopic (exact) mass is 366 g/mol. The summed E-state index contributed by atoms with van der Waals surface area (Å²) in [7, 11) is -2.40. The highest BCUT2D eigenvalue weighted by atomic mass is 32.2. The highest BCUT2D eigenvalue weighted by Crippen LogP contribution is 2.28. The first-order chi connectivity index (χ1) is 11.9. The minimum Gasteiger partial charge on any atom is -0.495 e. The molecular weight excluding hydrogens is 348 g/mol. The lowest BCUT2D eigenvalue weighted by atomic mass is 10.2. The van der Waals surface area contributed by atoms with Crippen molar-refractivity contribution in [3.63, 3.8) is 0 Å². The van der Waals surface area contributed by atoms with Gasteiger partial charge in [-0.25, -0.2) is 17.9 Å². The molecule has 1 aromatic heterocycles. The summed E-state index contributed by atoms with van der Waals surface area (Å²) in [6, 6.07) is 5.72. The summed E-state index contributed by atoms with van der Waals surface area (Å²) in [5, 5.41) is 3.73. The topological polar surface area (TPSA) is 108 Å². The van der Waals surface area contributed by atoms with Crippen LogP contribution in [0.15, 0.2) is 33.7 Å².